The highest BCUT2D eigenvalue weighted by molar-refractivity contribution is 6.11. The van der Waals surface area contributed by atoms with E-state index in [-0.39, 0.29) is 11.7 Å². The molecule has 1 saturated heterocycles. The zero-order chi connectivity index (χ0) is 19.8. The Morgan fingerprint density at radius 1 is 0.931 bits per heavy atom. The maximum Gasteiger partial charge on any atom is 0.259 e. The lowest BCUT2D eigenvalue weighted by Crippen LogP contribution is -2.43. The van der Waals surface area contributed by atoms with E-state index in [1.807, 2.05) is 12.1 Å². The van der Waals surface area contributed by atoms with Gasteiger partial charge in [0, 0.05) is 60.4 Å². The number of amides is 1. The predicted octanol–water partition coefficient (Wildman–Crippen LogP) is 3.46. The number of rotatable bonds is 3. The van der Waals surface area contributed by atoms with Crippen LogP contribution in [-0.4, -0.2) is 37.1 Å². The molecule has 3 aromatic rings. The lowest BCUT2D eigenvalue weighted by atomic mass is 10.0. The minimum atomic E-state index is -0.315. The summed E-state index contributed by atoms with van der Waals surface area (Å²) in [5.41, 5.74) is 5.30. The first-order valence-electron chi connectivity index (χ1n) is 9.83. The molecule has 0 bridgehead atoms. The Kier molecular flexibility index (Phi) is 4.48. The summed E-state index contributed by atoms with van der Waals surface area (Å²) in [5.74, 6) is -0.389. The number of para-hydroxylation sites is 1. The Hall–Kier alpha value is -3.25. The zero-order valence-electron chi connectivity index (χ0n) is 15.9. The number of hydrogen-bond acceptors (Lipinski definition) is 4. The molecule has 5 nitrogen and oxygen atoms in total. The minimum absolute atomic E-state index is 0.0742. The maximum absolute atomic E-state index is 13.3. The number of hydrogen-bond donors (Lipinski definition) is 1. The van der Waals surface area contributed by atoms with Gasteiger partial charge in [0.25, 0.3) is 5.91 Å². The number of nitrogens with zero attached hydrogens (tertiary/aromatic N) is 3. The SMILES string of the molecule is O=C1c2ccnc(-c3ccccc3N3CCNCC3)c2CN1c1ccc(F)cc1. The van der Waals surface area contributed by atoms with E-state index in [2.05, 4.69) is 27.3 Å². The van der Waals surface area contributed by atoms with Crippen molar-refractivity contribution >= 4 is 17.3 Å². The monoisotopic (exact) mass is 388 g/mol. The molecule has 5 rings (SSSR count). The number of fused-ring (bicyclic) bond motifs is 1. The number of aromatic nitrogens is 1. The Bertz CT molecular complexity index is 1060. The van der Waals surface area contributed by atoms with Gasteiger partial charge in [0.15, 0.2) is 0 Å². The van der Waals surface area contributed by atoms with Gasteiger partial charge in [-0.05, 0) is 36.4 Å². The van der Waals surface area contributed by atoms with Gasteiger partial charge in [-0.2, -0.15) is 0 Å². The van der Waals surface area contributed by atoms with Gasteiger partial charge in [0.1, 0.15) is 5.82 Å². The van der Waals surface area contributed by atoms with Gasteiger partial charge in [-0.1, -0.05) is 18.2 Å². The van der Waals surface area contributed by atoms with Crippen molar-refractivity contribution < 1.29 is 9.18 Å². The number of carbonyl (C=O) groups excluding carboxylic acids is 1. The molecular formula is C23H21FN4O. The number of carbonyl (C=O) groups is 1. The van der Waals surface area contributed by atoms with Crippen molar-refractivity contribution in [2.24, 2.45) is 0 Å². The summed E-state index contributed by atoms with van der Waals surface area (Å²) in [6.07, 6.45) is 1.70. The Labute approximate surface area is 168 Å². The molecule has 29 heavy (non-hydrogen) atoms. The van der Waals surface area contributed by atoms with Gasteiger partial charge in [0.2, 0.25) is 0 Å². The number of pyridine rings is 1. The van der Waals surface area contributed by atoms with Gasteiger partial charge in [-0.15, -0.1) is 0 Å². The van der Waals surface area contributed by atoms with Crippen molar-refractivity contribution in [1.29, 1.82) is 0 Å². The number of piperazine rings is 1. The van der Waals surface area contributed by atoms with Crippen LogP contribution in [0.15, 0.2) is 60.8 Å². The molecule has 0 saturated carbocycles. The fourth-order valence-electron chi connectivity index (χ4n) is 4.15. The van der Waals surface area contributed by atoms with Gasteiger partial charge >= 0.3 is 0 Å². The fraction of sp³-hybridized carbons (Fsp3) is 0.217. The van der Waals surface area contributed by atoms with E-state index in [1.165, 1.54) is 12.1 Å². The van der Waals surface area contributed by atoms with Gasteiger partial charge in [0.05, 0.1) is 12.2 Å². The van der Waals surface area contributed by atoms with E-state index in [1.54, 1.807) is 29.3 Å². The first kappa shape index (κ1) is 17.8. The molecule has 0 atom stereocenters. The molecule has 2 aliphatic heterocycles. The molecule has 0 aliphatic carbocycles. The van der Waals surface area contributed by atoms with E-state index in [9.17, 15) is 9.18 Å². The molecule has 3 heterocycles. The highest BCUT2D eigenvalue weighted by Crippen LogP contribution is 2.37. The average Bonchev–Trinajstić information content (AvgIpc) is 3.12. The van der Waals surface area contributed by atoms with Crippen molar-refractivity contribution in [2.45, 2.75) is 6.54 Å². The molecule has 1 amide bonds. The van der Waals surface area contributed by atoms with Gasteiger partial charge < -0.3 is 15.1 Å². The van der Waals surface area contributed by atoms with E-state index >= 15 is 0 Å². The van der Waals surface area contributed by atoms with E-state index in [0.29, 0.717) is 17.8 Å². The number of anilines is 2. The topological polar surface area (TPSA) is 48.5 Å². The van der Waals surface area contributed by atoms with Crippen molar-refractivity contribution in [3.8, 4) is 11.3 Å². The summed E-state index contributed by atoms with van der Waals surface area (Å²) >= 11 is 0. The number of halogens is 1. The third-order valence-corrected chi connectivity index (χ3v) is 5.60. The van der Waals surface area contributed by atoms with Crippen LogP contribution in [0.2, 0.25) is 0 Å². The van der Waals surface area contributed by atoms with Crippen LogP contribution in [-0.2, 0) is 6.54 Å². The third kappa shape index (κ3) is 3.15. The van der Waals surface area contributed by atoms with Crippen LogP contribution in [0, 0.1) is 5.82 Å². The molecule has 1 fully saturated rings. The maximum atomic E-state index is 13.3. The second kappa shape index (κ2) is 7.29. The van der Waals surface area contributed by atoms with Crippen molar-refractivity contribution in [1.82, 2.24) is 10.3 Å². The van der Waals surface area contributed by atoms with E-state index in [4.69, 9.17) is 0 Å². The largest absolute Gasteiger partial charge is 0.368 e. The molecule has 0 radical (unpaired) electrons. The summed E-state index contributed by atoms with van der Waals surface area (Å²) in [6, 6.07) is 16.1. The van der Waals surface area contributed by atoms with Crippen molar-refractivity contribution in [3.05, 3.63) is 77.7 Å². The third-order valence-electron chi connectivity index (χ3n) is 5.60. The first-order valence-corrected chi connectivity index (χ1v) is 9.83. The number of nitrogens with one attached hydrogen (secondary N) is 1. The number of benzene rings is 2. The predicted molar refractivity (Wildman–Crippen MR) is 112 cm³/mol. The highest BCUT2D eigenvalue weighted by Gasteiger charge is 2.32. The van der Waals surface area contributed by atoms with E-state index in [0.717, 1.165) is 48.7 Å². The fourth-order valence-corrected chi connectivity index (χ4v) is 4.15. The molecule has 1 N–H and O–H groups in total. The van der Waals surface area contributed by atoms with Crippen molar-refractivity contribution in [3.63, 3.8) is 0 Å². The zero-order valence-corrected chi connectivity index (χ0v) is 15.9. The van der Waals surface area contributed by atoms with Crippen LogP contribution in [0.4, 0.5) is 15.8 Å². The van der Waals surface area contributed by atoms with Crippen LogP contribution >= 0.6 is 0 Å². The highest BCUT2D eigenvalue weighted by atomic mass is 19.1. The molecule has 146 valence electrons. The van der Waals surface area contributed by atoms with Crippen LogP contribution < -0.4 is 15.1 Å². The molecular weight excluding hydrogens is 367 g/mol. The van der Waals surface area contributed by atoms with Crippen molar-refractivity contribution in [2.75, 3.05) is 36.0 Å². The first-order chi connectivity index (χ1) is 14.2. The summed E-state index contributed by atoms with van der Waals surface area (Å²) in [4.78, 5) is 21.8. The Morgan fingerprint density at radius 3 is 2.48 bits per heavy atom. The van der Waals surface area contributed by atoms with Crippen LogP contribution in [0.1, 0.15) is 15.9 Å². The second-order valence-electron chi connectivity index (χ2n) is 7.31. The van der Waals surface area contributed by atoms with Crippen LogP contribution in [0.25, 0.3) is 11.3 Å². The summed E-state index contributed by atoms with van der Waals surface area (Å²) in [5, 5.41) is 3.38. The quantitative estimate of drug-likeness (QED) is 0.747. The van der Waals surface area contributed by atoms with E-state index < -0.39 is 0 Å². The molecule has 6 heteroatoms. The lowest BCUT2D eigenvalue weighted by Gasteiger charge is -2.31. The summed E-state index contributed by atoms with van der Waals surface area (Å²) in [6.45, 7) is 4.20. The summed E-state index contributed by atoms with van der Waals surface area (Å²) in [7, 11) is 0. The Balaban J connectivity index is 1.56. The Morgan fingerprint density at radius 2 is 1.69 bits per heavy atom. The minimum Gasteiger partial charge on any atom is -0.368 e. The molecule has 2 aromatic carbocycles. The molecule has 1 aromatic heterocycles. The standard InChI is InChI=1S/C23H21FN4O/c24-16-5-7-17(8-6-16)28-15-20-18(23(28)29)9-10-26-22(20)19-3-1-2-4-21(19)27-13-11-25-12-14-27/h1-10,25H,11-15H2. The second-order valence-corrected chi connectivity index (χ2v) is 7.31. The lowest BCUT2D eigenvalue weighted by molar-refractivity contribution is 0.0996. The summed E-state index contributed by atoms with van der Waals surface area (Å²) < 4.78 is 13.3. The van der Waals surface area contributed by atoms with Crippen LogP contribution in [0.5, 0.6) is 0 Å². The molecule has 2 aliphatic rings. The smallest absolute Gasteiger partial charge is 0.259 e. The van der Waals surface area contributed by atoms with Crippen LogP contribution in [0.3, 0.4) is 0 Å². The van der Waals surface area contributed by atoms with Gasteiger partial charge in [-0.3, -0.25) is 9.78 Å². The molecule has 0 spiro atoms. The normalized spacial score (nSPS) is 16.2. The average molecular weight is 388 g/mol. The molecule has 0 unspecified atom stereocenters. The van der Waals surface area contributed by atoms with Gasteiger partial charge in [-0.25, -0.2) is 4.39 Å².